The minimum Gasteiger partial charge on any atom is -0.465 e. The number of hydrogen-bond donors (Lipinski definition) is 2. The van der Waals surface area contributed by atoms with E-state index in [4.69, 9.17) is 10.5 Å². The lowest BCUT2D eigenvalue weighted by atomic mass is 10.1. The molecule has 0 unspecified atom stereocenters. The van der Waals surface area contributed by atoms with Gasteiger partial charge in [0, 0.05) is 23.9 Å². The Bertz CT molecular complexity index is 1190. The van der Waals surface area contributed by atoms with Crippen LogP contribution in [0.1, 0.15) is 77.3 Å². The second-order valence-corrected chi connectivity index (χ2v) is 10.1. The highest BCUT2D eigenvalue weighted by Gasteiger charge is 2.42. The summed E-state index contributed by atoms with van der Waals surface area (Å²) in [5, 5.41) is 2.70. The number of carbonyl (C=O) groups excluding carboxylic acids is 3. The predicted molar refractivity (Wildman–Crippen MR) is 139 cm³/mol. The highest BCUT2D eigenvalue weighted by molar-refractivity contribution is 5.90. The van der Waals surface area contributed by atoms with E-state index in [1.165, 1.54) is 50.6 Å². The van der Waals surface area contributed by atoms with E-state index in [1.54, 1.807) is 20.8 Å². The van der Waals surface area contributed by atoms with Crippen LogP contribution in [0.4, 0.5) is 13.6 Å². The van der Waals surface area contributed by atoms with Crippen LogP contribution in [0.25, 0.3) is 0 Å². The molecule has 0 aliphatic heterocycles. The first-order valence-corrected chi connectivity index (χ1v) is 11.8. The zero-order chi connectivity index (χ0) is 27.5. The fraction of sp³-hybridized carbons (Fsp3) is 0.444. The van der Waals surface area contributed by atoms with Crippen LogP contribution in [0.3, 0.4) is 0 Å². The van der Waals surface area contributed by atoms with Crippen LogP contribution in [0, 0.1) is 11.6 Å². The SMILES string of the molecule is COC(=O)c1ccc(F)c([C@@H]2C[C@H]2N)c1.COC(=O)c1ccc(F)c([C@@H]2C[C@H]2NC(=O)OC(C)(C)C)c1.Cl. The molecule has 0 bridgehead atoms. The van der Waals surface area contributed by atoms with Gasteiger partial charge in [-0.25, -0.2) is 23.2 Å². The maximum atomic E-state index is 13.9. The Kier molecular flexibility index (Phi) is 10.2. The van der Waals surface area contributed by atoms with Gasteiger partial charge in [0.15, 0.2) is 0 Å². The van der Waals surface area contributed by atoms with Crippen molar-refractivity contribution in [2.45, 2.75) is 63.1 Å². The molecular formula is C27H33ClF2N2O6. The van der Waals surface area contributed by atoms with E-state index in [2.05, 4.69) is 14.8 Å². The number of alkyl carbamates (subject to hydrolysis) is 1. The second kappa shape index (κ2) is 12.5. The zero-order valence-corrected chi connectivity index (χ0v) is 22.7. The standard InChI is InChI=1S/C16H20FNO4.C11H12FNO2.ClH/c1-16(2,3)22-15(20)18-13-8-11(13)10-7-9(14(19)21-4)5-6-12(10)17;1-15-11(14)6-2-3-9(12)7(4-6)8-5-10(8)13;/h5-7,11,13H,8H2,1-4H3,(H,18,20);2-4,8,10H,5,13H2,1H3;1H/t11-,13+;8-,10+;/m00./s1. The second-order valence-electron chi connectivity index (χ2n) is 10.1. The summed E-state index contributed by atoms with van der Waals surface area (Å²) in [6, 6.07) is 8.16. The van der Waals surface area contributed by atoms with Crippen molar-refractivity contribution >= 4 is 30.4 Å². The Hall–Kier alpha value is -3.24. The molecule has 4 rings (SSSR count). The van der Waals surface area contributed by atoms with E-state index >= 15 is 0 Å². The smallest absolute Gasteiger partial charge is 0.407 e. The van der Waals surface area contributed by atoms with Crippen LogP contribution in [-0.4, -0.2) is 49.9 Å². The highest BCUT2D eigenvalue weighted by Crippen LogP contribution is 2.42. The molecule has 11 heteroatoms. The van der Waals surface area contributed by atoms with E-state index in [9.17, 15) is 23.2 Å². The molecule has 208 valence electrons. The Labute approximate surface area is 226 Å². The molecule has 38 heavy (non-hydrogen) atoms. The van der Waals surface area contributed by atoms with Crippen molar-refractivity contribution in [3.05, 3.63) is 70.3 Å². The molecule has 2 aliphatic rings. The first kappa shape index (κ1) is 31.0. The summed E-state index contributed by atoms with van der Waals surface area (Å²) in [5.74, 6) is -1.78. The van der Waals surface area contributed by atoms with Crippen LogP contribution in [0.5, 0.6) is 0 Å². The fourth-order valence-electron chi connectivity index (χ4n) is 3.87. The molecule has 0 radical (unpaired) electrons. The van der Waals surface area contributed by atoms with Gasteiger partial charge in [-0.2, -0.15) is 0 Å². The lowest BCUT2D eigenvalue weighted by Crippen LogP contribution is -2.34. The maximum absolute atomic E-state index is 13.9. The molecule has 2 fully saturated rings. The number of nitrogens with one attached hydrogen (secondary N) is 1. The highest BCUT2D eigenvalue weighted by atomic mass is 35.5. The number of nitrogens with two attached hydrogens (primary N) is 1. The van der Waals surface area contributed by atoms with Gasteiger partial charge in [0.25, 0.3) is 0 Å². The first-order chi connectivity index (χ1) is 17.3. The Morgan fingerprint density at radius 3 is 1.71 bits per heavy atom. The van der Waals surface area contributed by atoms with Crippen LogP contribution in [-0.2, 0) is 14.2 Å². The number of ether oxygens (including phenoxy) is 3. The average Bonchev–Trinajstić information content (AvgIpc) is 3.75. The molecule has 0 heterocycles. The van der Waals surface area contributed by atoms with Gasteiger partial charge >= 0.3 is 18.0 Å². The molecule has 3 N–H and O–H groups in total. The van der Waals surface area contributed by atoms with Gasteiger partial charge in [0.2, 0.25) is 0 Å². The van der Waals surface area contributed by atoms with Gasteiger partial charge in [0.05, 0.1) is 25.3 Å². The molecule has 2 aromatic rings. The van der Waals surface area contributed by atoms with Gasteiger partial charge in [-0.3, -0.25) is 0 Å². The Morgan fingerprint density at radius 2 is 1.32 bits per heavy atom. The third-order valence-corrected chi connectivity index (χ3v) is 5.97. The Balaban J connectivity index is 0.000000277. The largest absolute Gasteiger partial charge is 0.465 e. The van der Waals surface area contributed by atoms with Crippen molar-refractivity contribution in [2.24, 2.45) is 5.73 Å². The number of carbonyl (C=O) groups is 3. The molecule has 0 saturated heterocycles. The molecule has 0 aromatic heterocycles. The predicted octanol–water partition coefficient (Wildman–Crippen LogP) is 4.84. The lowest BCUT2D eigenvalue weighted by Gasteiger charge is -2.19. The number of methoxy groups -OCH3 is 2. The quantitative estimate of drug-likeness (QED) is 0.401. The van der Waals surface area contributed by atoms with Gasteiger partial charge < -0.3 is 25.3 Å². The topological polar surface area (TPSA) is 117 Å². The molecule has 2 saturated carbocycles. The Morgan fingerprint density at radius 1 is 0.868 bits per heavy atom. The number of halogens is 3. The lowest BCUT2D eigenvalue weighted by molar-refractivity contribution is 0.0520. The molecule has 4 atom stereocenters. The van der Waals surface area contributed by atoms with Crippen molar-refractivity contribution in [1.29, 1.82) is 0 Å². The third-order valence-electron chi connectivity index (χ3n) is 5.97. The maximum Gasteiger partial charge on any atom is 0.407 e. The summed E-state index contributed by atoms with van der Waals surface area (Å²) >= 11 is 0. The minimum atomic E-state index is -0.579. The van der Waals surface area contributed by atoms with Crippen LogP contribution in [0.2, 0.25) is 0 Å². The van der Waals surface area contributed by atoms with Gasteiger partial charge in [-0.15, -0.1) is 12.4 Å². The van der Waals surface area contributed by atoms with E-state index in [1.807, 2.05) is 0 Å². The summed E-state index contributed by atoms with van der Waals surface area (Å²) < 4.78 is 41.7. The van der Waals surface area contributed by atoms with Crippen molar-refractivity contribution in [1.82, 2.24) is 5.32 Å². The number of hydrogen-bond acceptors (Lipinski definition) is 7. The van der Waals surface area contributed by atoms with Gasteiger partial charge in [-0.05, 0) is 81.1 Å². The number of rotatable bonds is 5. The minimum absolute atomic E-state index is 0. The molecular weight excluding hydrogens is 522 g/mol. The van der Waals surface area contributed by atoms with Crippen LogP contribution in [0.15, 0.2) is 36.4 Å². The number of benzene rings is 2. The first-order valence-electron chi connectivity index (χ1n) is 11.8. The summed E-state index contributed by atoms with van der Waals surface area (Å²) in [7, 11) is 2.57. The average molecular weight is 555 g/mol. The van der Waals surface area contributed by atoms with Crippen LogP contribution < -0.4 is 11.1 Å². The molecule has 1 amide bonds. The van der Waals surface area contributed by atoms with E-state index < -0.39 is 29.5 Å². The van der Waals surface area contributed by atoms with E-state index in [0.29, 0.717) is 28.7 Å². The fourth-order valence-corrected chi connectivity index (χ4v) is 3.87. The molecule has 2 aromatic carbocycles. The van der Waals surface area contributed by atoms with Crippen molar-refractivity contribution < 1.29 is 37.4 Å². The molecule has 8 nitrogen and oxygen atoms in total. The van der Waals surface area contributed by atoms with E-state index in [-0.39, 0.29) is 42.1 Å². The van der Waals surface area contributed by atoms with Gasteiger partial charge in [0.1, 0.15) is 17.2 Å². The molecule has 0 spiro atoms. The summed E-state index contributed by atoms with van der Waals surface area (Å²) in [6.45, 7) is 5.32. The van der Waals surface area contributed by atoms with Crippen molar-refractivity contribution in [2.75, 3.05) is 14.2 Å². The van der Waals surface area contributed by atoms with Crippen molar-refractivity contribution in [3.63, 3.8) is 0 Å². The van der Waals surface area contributed by atoms with Crippen molar-refractivity contribution in [3.8, 4) is 0 Å². The number of amides is 1. The molecule has 2 aliphatic carbocycles. The summed E-state index contributed by atoms with van der Waals surface area (Å²) in [5.41, 5.74) is 6.65. The monoisotopic (exact) mass is 554 g/mol. The van der Waals surface area contributed by atoms with Crippen LogP contribution >= 0.6 is 12.4 Å². The summed E-state index contributed by atoms with van der Waals surface area (Å²) in [6.07, 6.45) is 0.868. The normalized spacial score (nSPS) is 21.1. The van der Waals surface area contributed by atoms with E-state index in [0.717, 1.165) is 6.42 Å². The van der Waals surface area contributed by atoms with Gasteiger partial charge in [-0.1, -0.05) is 0 Å². The zero-order valence-electron chi connectivity index (χ0n) is 21.9. The third kappa shape index (κ3) is 8.13. The summed E-state index contributed by atoms with van der Waals surface area (Å²) in [4.78, 5) is 34.4. The number of esters is 2.